The fraction of sp³-hybridized carbons (Fsp3) is 0.182. The van der Waals surface area contributed by atoms with Crippen molar-refractivity contribution in [1.82, 2.24) is 4.90 Å². The summed E-state index contributed by atoms with van der Waals surface area (Å²) in [5.41, 5.74) is 0.0406. The number of anilines is 1. The molecule has 0 aromatic heterocycles. The number of carbonyl (C=O) groups excluding carboxylic acids is 1. The molecule has 0 fully saturated rings. The van der Waals surface area contributed by atoms with Gasteiger partial charge in [0.05, 0.1) is 10.7 Å². The minimum Gasteiger partial charge on any atom is -0.480 e. The van der Waals surface area contributed by atoms with Crippen molar-refractivity contribution in [2.45, 2.75) is 0 Å². The third-order valence-corrected chi connectivity index (χ3v) is 2.42. The van der Waals surface area contributed by atoms with Crippen molar-refractivity contribution in [3.8, 4) is 0 Å². The SMILES string of the molecule is O=C(O)CN(CC(=O)O)C(=O)Nc1ccc(F)cc1Cl. The Hall–Kier alpha value is -2.35. The Labute approximate surface area is 117 Å². The number of nitrogens with zero attached hydrogens (tertiary/aromatic N) is 1. The number of halogens is 2. The van der Waals surface area contributed by atoms with Gasteiger partial charge in [-0.15, -0.1) is 0 Å². The van der Waals surface area contributed by atoms with Crippen molar-refractivity contribution in [2.24, 2.45) is 0 Å². The van der Waals surface area contributed by atoms with Crippen LogP contribution in [0, 0.1) is 5.82 Å². The molecule has 0 saturated heterocycles. The molecular weight excluding hydrogens is 295 g/mol. The third-order valence-electron chi connectivity index (χ3n) is 2.11. The van der Waals surface area contributed by atoms with Crippen LogP contribution in [0.3, 0.4) is 0 Å². The molecule has 2 amide bonds. The summed E-state index contributed by atoms with van der Waals surface area (Å²) in [6, 6.07) is 2.20. The number of nitrogens with one attached hydrogen (secondary N) is 1. The fourth-order valence-corrected chi connectivity index (χ4v) is 1.53. The topological polar surface area (TPSA) is 107 Å². The Morgan fingerprint density at radius 1 is 1.20 bits per heavy atom. The van der Waals surface area contributed by atoms with E-state index in [9.17, 15) is 18.8 Å². The molecule has 108 valence electrons. The van der Waals surface area contributed by atoms with Crippen LogP contribution in [-0.4, -0.2) is 46.2 Å². The minimum atomic E-state index is -1.37. The number of carboxylic acids is 2. The van der Waals surface area contributed by atoms with Crippen molar-refractivity contribution in [3.05, 3.63) is 29.0 Å². The van der Waals surface area contributed by atoms with Crippen LogP contribution in [0.2, 0.25) is 5.02 Å². The number of carboxylic acid groups (broad SMARTS) is 2. The average molecular weight is 305 g/mol. The predicted molar refractivity (Wildman–Crippen MR) is 67.3 cm³/mol. The first-order valence-electron chi connectivity index (χ1n) is 5.24. The van der Waals surface area contributed by atoms with Gasteiger partial charge in [-0.2, -0.15) is 0 Å². The molecule has 1 aromatic rings. The van der Waals surface area contributed by atoms with Gasteiger partial charge in [0.1, 0.15) is 18.9 Å². The number of urea groups is 1. The summed E-state index contributed by atoms with van der Waals surface area (Å²) in [6.45, 7) is -1.59. The minimum absolute atomic E-state index is 0.0406. The van der Waals surface area contributed by atoms with Crippen LogP contribution < -0.4 is 5.32 Å². The maximum absolute atomic E-state index is 12.8. The first-order valence-corrected chi connectivity index (χ1v) is 5.62. The Kier molecular flexibility index (Phi) is 5.27. The molecule has 7 nitrogen and oxygen atoms in total. The molecule has 0 aliphatic rings. The first kappa shape index (κ1) is 15.7. The van der Waals surface area contributed by atoms with Gasteiger partial charge in [0.2, 0.25) is 0 Å². The monoisotopic (exact) mass is 304 g/mol. The lowest BCUT2D eigenvalue weighted by Gasteiger charge is -2.19. The van der Waals surface area contributed by atoms with Crippen LogP contribution in [-0.2, 0) is 9.59 Å². The lowest BCUT2D eigenvalue weighted by molar-refractivity contribution is -0.140. The normalized spacial score (nSPS) is 9.90. The molecule has 3 N–H and O–H groups in total. The van der Waals surface area contributed by atoms with Crippen LogP contribution in [0.15, 0.2) is 18.2 Å². The van der Waals surface area contributed by atoms with E-state index in [4.69, 9.17) is 21.8 Å². The maximum atomic E-state index is 12.8. The number of aliphatic carboxylic acids is 2. The highest BCUT2D eigenvalue weighted by atomic mass is 35.5. The van der Waals surface area contributed by atoms with Crippen molar-refractivity contribution in [3.63, 3.8) is 0 Å². The van der Waals surface area contributed by atoms with Gasteiger partial charge in [0.25, 0.3) is 0 Å². The number of amides is 2. The zero-order valence-corrected chi connectivity index (χ0v) is 10.7. The molecule has 0 saturated carbocycles. The number of hydrogen-bond donors (Lipinski definition) is 3. The second-order valence-electron chi connectivity index (χ2n) is 3.70. The van der Waals surface area contributed by atoms with Crippen LogP contribution in [0.25, 0.3) is 0 Å². The van der Waals surface area contributed by atoms with E-state index in [0.717, 1.165) is 12.1 Å². The highest BCUT2D eigenvalue weighted by molar-refractivity contribution is 6.33. The number of hydrogen-bond acceptors (Lipinski definition) is 3. The Balaban J connectivity index is 2.84. The van der Waals surface area contributed by atoms with E-state index in [1.807, 2.05) is 0 Å². The van der Waals surface area contributed by atoms with E-state index in [1.54, 1.807) is 0 Å². The summed E-state index contributed by atoms with van der Waals surface area (Å²) in [7, 11) is 0. The lowest BCUT2D eigenvalue weighted by atomic mass is 10.3. The van der Waals surface area contributed by atoms with Crippen molar-refractivity contribution in [1.29, 1.82) is 0 Å². The molecule has 1 rings (SSSR count). The summed E-state index contributed by atoms with van der Waals surface area (Å²) < 4.78 is 12.8. The largest absolute Gasteiger partial charge is 0.480 e. The van der Waals surface area contributed by atoms with Crippen LogP contribution in [0.1, 0.15) is 0 Å². The summed E-state index contributed by atoms with van der Waals surface area (Å²) in [5.74, 6) is -3.35. The molecule has 1 aromatic carbocycles. The Morgan fingerprint density at radius 3 is 2.20 bits per heavy atom. The van der Waals surface area contributed by atoms with Gasteiger partial charge in [-0.05, 0) is 18.2 Å². The summed E-state index contributed by atoms with van der Waals surface area (Å²) in [4.78, 5) is 33.5. The molecule has 0 spiro atoms. The summed E-state index contributed by atoms with van der Waals surface area (Å²) in [6.07, 6.45) is 0. The zero-order chi connectivity index (χ0) is 15.3. The molecular formula is C11H10ClFN2O5. The van der Waals surface area contributed by atoms with E-state index in [2.05, 4.69) is 5.32 Å². The standard InChI is InChI=1S/C11H10ClFN2O5/c12-7-3-6(13)1-2-8(7)14-11(20)15(4-9(16)17)5-10(18)19/h1-3H,4-5H2,(H,14,20)(H,16,17)(H,18,19). The maximum Gasteiger partial charge on any atom is 0.323 e. The molecule has 0 heterocycles. The molecule has 0 unspecified atom stereocenters. The van der Waals surface area contributed by atoms with Gasteiger partial charge in [-0.3, -0.25) is 9.59 Å². The highest BCUT2D eigenvalue weighted by Crippen LogP contribution is 2.22. The Bertz CT molecular complexity index is 536. The van der Waals surface area contributed by atoms with Gasteiger partial charge in [0.15, 0.2) is 0 Å². The molecule has 0 aliphatic carbocycles. The highest BCUT2D eigenvalue weighted by Gasteiger charge is 2.20. The average Bonchev–Trinajstić information content (AvgIpc) is 2.30. The molecule has 0 bridgehead atoms. The van der Waals surface area contributed by atoms with Crippen LogP contribution in [0.4, 0.5) is 14.9 Å². The molecule has 9 heteroatoms. The Morgan fingerprint density at radius 2 is 1.75 bits per heavy atom. The van der Waals surface area contributed by atoms with Crippen molar-refractivity contribution >= 4 is 35.3 Å². The van der Waals surface area contributed by atoms with Crippen LogP contribution in [0.5, 0.6) is 0 Å². The quantitative estimate of drug-likeness (QED) is 0.764. The summed E-state index contributed by atoms with van der Waals surface area (Å²) in [5, 5.41) is 19.3. The van der Waals surface area contributed by atoms with Crippen molar-refractivity contribution < 1.29 is 29.0 Å². The smallest absolute Gasteiger partial charge is 0.323 e. The number of benzene rings is 1. The number of carbonyl (C=O) groups is 3. The van der Waals surface area contributed by atoms with E-state index in [1.165, 1.54) is 6.07 Å². The fourth-order valence-electron chi connectivity index (χ4n) is 1.31. The first-order chi connectivity index (χ1) is 9.29. The van der Waals surface area contributed by atoms with Crippen molar-refractivity contribution in [2.75, 3.05) is 18.4 Å². The molecule has 0 aliphatic heterocycles. The van der Waals surface area contributed by atoms with Gasteiger partial charge in [0, 0.05) is 0 Å². The second kappa shape index (κ2) is 6.71. The lowest BCUT2D eigenvalue weighted by Crippen LogP contribution is -2.42. The summed E-state index contributed by atoms with van der Waals surface area (Å²) >= 11 is 5.68. The van der Waals surface area contributed by atoms with Gasteiger partial charge in [-0.1, -0.05) is 11.6 Å². The van der Waals surface area contributed by atoms with E-state index < -0.39 is 36.9 Å². The van der Waals surface area contributed by atoms with Crippen LogP contribution >= 0.6 is 11.6 Å². The van der Waals surface area contributed by atoms with Gasteiger partial charge in [-0.25, -0.2) is 9.18 Å². The van der Waals surface area contributed by atoms with Gasteiger partial charge >= 0.3 is 18.0 Å². The predicted octanol–water partition coefficient (Wildman–Crippen LogP) is 1.48. The molecule has 0 atom stereocenters. The second-order valence-corrected chi connectivity index (χ2v) is 4.11. The van der Waals surface area contributed by atoms with Gasteiger partial charge < -0.3 is 20.4 Å². The van der Waals surface area contributed by atoms with E-state index in [0.29, 0.717) is 4.90 Å². The number of rotatable bonds is 5. The molecule has 20 heavy (non-hydrogen) atoms. The third kappa shape index (κ3) is 4.73. The zero-order valence-electron chi connectivity index (χ0n) is 9.97. The van der Waals surface area contributed by atoms with E-state index in [-0.39, 0.29) is 10.7 Å². The molecule has 0 radical (unpaired) electrons. The van der Waals surface area contributed by atoms with E-state index >= 15 is 0 Å².